The van der Waals surface area contributed by atoms with E-state index in [0.717, 1.165) is 50.9 Å². The van der Waals surface area contributed by atoms with E-state index in [9.17, 15) is 9.59 Å². The van der Waals surface area contributed by atoms with Gasteiger partial charge in [0.2, 0.25) is 0 Å². The predicted molar refractivity (Wildman–Crippen MR) is 82.9 cm³/mol. The van der Waals surface area contributed by atoms with Crippen LogP contribution in [0.3, 0.4) is 0 Å². The monoisotopic (exact) mass is 287 g/mol. The molecule has 0 bridgehead atoms. The van der Waals surface area contributed by atoms with Crippen LogP contribution in [0, 0.1) is 0 Å². The van der Waals surface area contributed by atoms with Crippen molar-refractivity contribution in [3.63, 3.8) is 0 Å². The number of carbonyl (C=O) groups excluding carboxylic acids is 2. The van der Waals surface area contributed by atoms with E-state index in [1.165, 1.54) is 0 Å². The summed E-state index contributed by atoms with van der Waals surface area (Å²) in [5, 5.41) is 3.12. The molecule has 21 heavy (non-hydrogen) atoms. The SMILES string of the molecule is O=[C]CCCCN1CCC(NC(=O)c2ccccc2)CC1. The highest BCUT2D eigenvalue weighted by Crippen LogP contribution is 2.12. The van der Waals surface area contributed by atoms with Crippen molar-refractivity contribution in [2.24, 2.45) is 0 Å². The van der Waals surface area contributed by atoms with E-state index < -0.39 is 0 Å². The Hall–Kier alpha value is -1.68. The summed E-state index contributed by atoms with van der Waals surface area (Å²) in [5.74, 6) is 0.0237. The maximum atomic E-state index is 12.1. The molecule has 0 saturated carbocycles. The van der Waals surface area contributed by atoms with Gasteiger partial charge in [0.1, 0.15) is 0 Å². The van der Waals surface area contributed by atoms with Crippen molar-refractivity contribution in [2.75, 3.05) is 19.6 Å². The molecule has 1 aliphatic rings. The van der Waals surface area contributed by atoms with Crippen molar-refractivity contribution >= 4 is 12.2 Å². The highest BCUT2D eigenvalue weighted by Gasteiger charge is 2.20. The molecule has 1 fully saturated rings. The molecule has 1 radical (unpaired) electrons. The number of nitrogens with zero attached hydrogens (tertiary/aromatic N) is 1. The molecular weight excluding hydrogens is 264 g/mol. The normalized spacial score (nSPS) is 16.6. The highest BCUT2D eigenvalue weighted by atomic mass is 16.1. The molecule has 1 aromatic carbocycles. The molecule has 0 atom stereocenters. The Kier molecular flexibility index (Phi) is 6.41. The molecule has 113 valence electrons. The first-order chi connectivity index (χ1) is 10.3. The van der Waals surface area contributed by atoms with E-state index in [1.807, 2.05) is 36.6 Å². The summed E-state index contributed by atoms with van der Waals surface area (Å²) >= 11 is 0. The third kappa shape index (κ3) is 5.31. The average molecular weight is 287 g/mol. The van der Waals surface area contributed by atoms with Crippen molar-refractivity contribution in [1.29, 1.82) is 0 Å². The summed E-state index contributed by atoms with van der Waals surface area (Å²) in [4.78, 5) is 24.6. The van der Waals surface area contributed by atoms with E-state index in [2.05, 4.69) is 10.2 Å². The Morgan fingerprint density at radius 2 is 1.90 bits per heavy atom. The van der Waals surface area contributed by atoms with E-state index >= 15 is 0 Å². The molecule has 1 saturated heterocycles. The van der Waals surface area contributed by atoms with E-state index in [4.69, 9.17) is 0 Å². The van der Waals surface area contributed by atoms with Crippen LogP contribution in [0.1, 0.15) is 42.5 Å². The van der Waals surface area contributed by atoms with Gasteiger partial charge in [-0.3, -0.25) is 9.59 Å². The Morgan fingerprint density at radius 1 is 1.19 bits per heavy atom. The van der Waals surface area contributed by atoms with Gasteiger partial charge >= 0.3 is 0 Å². The van der Waals surface area contributed by atoms with Crippen molar-refractivity contribution in [3.8, 4) is 0 Å². The summed E-state index contributed by atoms with van der Waals surface area (Å²) in [5.41, 5.74) is 0.727. The summed E-state index contributed by atoms with van der Waals surface area (Å²) in [6, 6.07) is 9.64. The molecule has 1 aliphatic heterocycles. The number of amides is 1. The minimum absolute atomic E-state index is 0.0237. The van der Waals surface area contributed by atoms with Gasteiger partial charge in [-0.25, -0.2) is 0 Å². The lowest BCUT2D eigenvalue weighted by Gasteiger charge is -2.32. The van der Waals surface area contributed by atoms with Gasteiger partial charge in [0, 0.05) is 31.1 Å². The number of nitrogens with one attached hydrogen (secondary N) is 1. The molecule has 1 amide bonds. The first-order valence-electron chi connectivity index (χ1n) is 7.73. The summed E-state index contributed by atoms with van der Waals surface area (Å²) in [6.45, 7) is 3.08. The van der Waals surface area contributed by atoms with Crippen molar-refractivity contribution in [1.82, 2.24) is 10.2 Å². The zero-order chi connectivity index (χ0) is 14.9. The van der Waals surface area contributed by atoms with Gasteiger partial charge in [-0.2, -0.15) is 0 Å². The molecule has 0 unspecified atom stereocenters. The topological polar surface area (TPSA) is 49.4 Å². The number of unbranched alkanes of at least 4 members (excludes halogenated alkanes) is 2. The number of hydrogen-bond acceptors (Lipinski definition) is 3. The Bertz CT molecular complexity index is 439. The zero-order valence-electron chi connectivity index (χ0n) is 12.4. The molecule has 0 aliphatic carbocycles. The van der Waals surface area contributed by atoms with Crippen LogP contribution in [0.5, 0.6) is 0 Å². The smallest absolute Gasteiger partial charge is 0.251 e. The van der Waals surface area contributed by atoms with Crippen molar-refractivity contribution in [3.05, 3.63) is 35.9 Å². The second kappa shape index (κ2) is 8.57. The third-order valence-corrected chi connectivity index (χ3v) is 3.96. The minimum atomic E-state index is 0.0237. The number of rotatable bonds is 7. The molecule has 1 aromatic rings. The summed E-state index contributed by atoms with van der Waals surface area (Å²) in [6.07, 6.45) is 6.45. The molecule has 1 heterocycles. The lowest BCUT2D eigenvalue weighted by atomic mass is 10.0. The van der Waals surface area contributed by atoms with Crippen LogP contribution in [-0.4, -0.2) is 42.8 Å². The van der Waals surface area contributed by atoms with Gasteiger partial charge in [-0.1, -0.05) is 18.2 Å². The minimum Gasteiger partial charge on any atom is -0.349 e. The van der Waals surface area contributed by atoms with E-state index in [1.54, 1.807) is 0 Å². The maximum Gasteiger partial charge on any atom is 0.251 e. The predicted octanol–water partition coefficient (Wildman–Crippen LogP) is 2.16. The fourth-order valence-corrected chi connectivity index (χ4v) is 2.69. The molecule has 2 rings (SSSR count). The van der Waals surface area contributed by atoms with E-state index in [-0.39, 0.29) is 11.9 Å². The standard InChI is InChI=1S/C17H23N2O2/c20-14-6-2-5-11-19-12-9-16(10-13-19)18-17(21)15-7-3-1-4-8-15/h1,3-4,7-8,16H,2,5-6,9-13H2,(H,18,21). The van der Waals surface area contributed by atoms with Crippen molar-refractivity contribution in [2.45, 2.75) is 38.1 Å². The van der Waals surface area contributed by atoms with Gasteiger partial charge in [0.05, 0.1) is 0 Å². The average Bonchev–Trinajstić information content (AvgIpc) is 2.54. The lowest BCUT2D eigenvalue weighted by Crippen LogP contribution is -2.44. The number of carbonyl (C=O) groups is 1. The van der Waals surface area contributed by atoms with Crippen LogP contribution in [0.2, 0.25) is 0 Å². The molecular formula is C17H23N2O2. The van der Waals surface area contributed by atoms with Gasteiger partial charge < -0.3 is 10.2 Å². The number of piperidine rings is 1. The second-order valence-electron chi connectivity index (χ2n) is 5.56. The Balaban J connectivity index is 1.67. The number of likely N-dealkylation sites (tertiary alicyclic amines) is 1. The largest absolute Gasteiger partial charge is 0.349 e. The molecule has 0 aromatic heterocycles. The first-order valence-corrected chi connectivity index (χ1v) is 7.73. The number of hydrogen-bond donors (Lipinski definition) is 1. The Labute approximate surface area is 126 Å². The highest BCUT2D eigenvalue weighted by molar-refractivity contribution is 5.94. The lowest BCUT2D eigenvalue weighted by molar-refractivity contribution is 0.0910. The van der Waals surface area contributed by atoms with Crippen molar-refractivity contribution < 1.29 is 9.59 Å². The van der Waals surface area contributed by atoms with Crippen LogP contribution in [0.4, 0.5) is 0 Å². The fraction of sp³-hybridized carbons (Fsp3) is 0.529. The molecule has 4 heteroatoms. The maximum absolute atomic E-state index is 12.1. The summed E-state index contributed by atoms with van der Waals surface area (Å²) < 4.78 is 0. The fourth-order valence-electron chi connectivity index (χ4n) is 2.69. The number of benzene rings is 1. The van der Waals surface area contributed by atoms with Crippen LogP contribution < -0.4 is 5.32 Å². The molecule has 4 nitrogen and oxygen atoms in total. The first kappa shape index (κ1) is 15.7. The van der Waals surface area contributed by atoms with Gasteiger partial charge in [-0.05, 0) is 44.4 Å². The van der Waals surface area contributed by atoms with Crippen LogP contribution in [0.15, 0.2) is 30.3 Å². The quantitative estimate of drug-likeness (QED) is 0.782. The molecule has 0 spiro atoms. The van der Waals surface area contributed by atoms with Gasteiger partial charge in [-0.15, -0.1) is 0 Å². The summed E-state index contributed by atoms with van der Waals surface area (Å²) in [7, 11) is 0. The van der Waals surface area contributed by atoms with Crippen LogP contribution >= 0.6 is 0 Å². The third-order valence-electron chi connectivity index (χ3n) is 3.96. The van der Waals surface area contributed by atoms with Gasteiger partial charge in [0.15, 0.2) is 6.29 Å². The molecule has 1 N–H and O–H groups in total. The second-order valence-corrected chi connectivity index (χ2v) is 5.56. The van der Waals surface area contributed by atoms with E-state index in [0.29, 0.717) is 6.42 Å². The van der Waals surface area contributed by atoms with Crippen LogP contribution in [-0.2, 0) is 4.79 Å². The zero-order valence-corrected chi connectivity index (χ0v) is 12.4. The Morgan fingerprint density at radius 3 is 2.57 bits per heavy atom. The van der Waals surface area contributed by atoms with Crippen LogP contribution in [0.25, 0.3) is 0 Å². The van der Waals surface area contributed by atoms with Gasteiger partial charge in [0.25, 0.3) is 5.91 Å².